The molecular formula is C16H19N5O2S. The molecule has 7 nitrogen and oxygen atoms in total. The van der Waals surface area contributed by atoms with E-state index < -0.39 is 6.09 Å². The number of hydrogen-bond donors (Lipinski definition) is 2. The average molecular weight is 345 g/mol. The molecule has 0 bridgehead atoms. The molecule has 1 amide bonds. The van der Waals surface area contributed by atoms with E-state index >= 15 is 0 Å². The van der Waals surface area contributed by atoms with Crippen LogP contribution in [0.2, 0.25) is 0 Å². The lowest BCUT2D eigenvalue weighted by atomic mass is 10.2. The van der Waals surface area contributed by atoms with Crippen LogP contribution in [0.25, 0.3) is 0 Å². The van der Waals surface area contributed by atoms with Crippen molar-refractivity contribution in [3.05, 3.63) is 35.7 Å². The van der Waals surface area contributed by atoms with E-state index in [4.69, 9.17) is 0 Å². The van der Waals surface area contributed by atoms with Crippen molar-refractivity contribution < 1.29 is 9.53 Å². The van der Waals surface area contributed by atoms with Crippen LogP contribution in [0.5, 0.6) is 0 Å². The van der Waals surface area contributed by atoms with Gasteiger partial charge in [-0.2, -0.15) is 0 Å². The summed E-state index contributed by atoms with van der Waals surface area (Å²) in [7, 11) is 1.31. The van der Waals surface area contributed by atoms with Crippen LogP contribution < -0.4 is 10.6 Å². The minimum Gasteiger partial charge on any atom is -0.453 e. The van der Waals surface area contributed by atoms with Crippen LogP contribution in [-0.2, 0) is 4.74 Å². The van der Waals surface area contributed by atoms with Crippen molar-refractivity contribution in [1.82, 2.24) is 15.3 Å². The van der Waals surface area contributed by atoms with Crippen molar-refractivity contribution in [3.63, 3.8) is 0 Å². The minimum atomic E-state index is -0.505. The van der Waals surface area contributed by atoms with E-state index in [0.29, 0.717) is 10.8 Å². The number of ether oxygens (including phenoxy) is 1. The molecule has 0 aliphatic carbocycles. The average Bonchev–Trinajstić information content (AvgIpc) is 2.54. The van der Waals surface area contributed by atoms with Crippen LogP contribution in [0.15, 0.2) is 39.3 Å². The maximum Gasteiger partial charge on any atom is 0.408 e. The summed E-state index contributed by atoms with van der Waals surface area (Å²) in [5, 5.41) is 6.28. The van der Waals surface area contributed by atoms with Crippen molar-refractivity contribution >= 4 is 35.9 Å². The predicted molar refractivity (Wildman–Crippen MR) is 95.3 cm³/mol. The summed E-state index contributed by atoms with van der Waals surface area (Å²) in [5.74, 6) is 0. The SMILES string of the molecule is C=Nc1cc(Sc2nc(C)cc(C)n2)ccc1NCNC(=O)OC. The molecule has 0 spiro atoms. The number of aromatic nitrogens is 2. The van der Waals surface area contributed by atoms with Crippen molar-refractivity contribution in [2.24, 2.45) is 4.99 Å². The third kappa shape index (κ3) is 4.95. The van der Waals surface area contributed by atoms with Gasteiger partial charge >= 0.3 is 6.09 Å². The van der Waals surface area contributed by atoms with Crippen molar-refractivity contribution in [1.29, 1.82) is 0 Å². The monoisotopic (exact) mass is 345 g/mol. The molecule has 0 unspecified atom stereocenters. The topological polar surface area (TPSA) is 88.5 Å². The maximum atomic E-state index is 11.0. The van der Waals surface area contributed by atoms with Gasteiger partial charge in [-0.05, 0) is 56.6 Å². The first kappa shape index (κ1) is 17.7. The Morgan fingerprint density at radius 1 is 1.29 bits per heavy atom. The molecule has 0 fully saturated rings. The second-order valence-electron chi connectivity index (χ2n) is 4.89. The molecular weight excluding hydrogens is 326 g/mol. The number of nitrogens with one attached hydrogen (secondary N) is 2. The fraction of sp³-hybridized carbons (Fsp3) is 0.250. The van der Waals surface area contributed by atoms with Crippen molar-refractivity contribution in [3.8, 4) is 0 Å². The van der Waals surface area contributed by atoms with Crippen LogP contribution >= 0.6 is 11.8 Å². The van der Waals surface area contributed by atoms with Gasteiger partial charge in [0.15, 0.2) is 5.16 Å². The number of alkyl carbamates (subject to hydrolysis) is 1. The summed E-state index contributed by atoms with van der Waals surface area (Å²) in [4.78, 5) is 24.8. The van der Waals surface area contributed by atoms with E-state index in [1.165, 1.54) is 18.9 Å². The van der Waals surface area contributed by atoms with Gasteiger partial charge in [-0.25, -0.2) is 14.8 Å². The lowest BCUT2D eigenvalue weighted by molar-refractivity contribution is 0.172. The fourth-order valence-corrected chi connectivity index (χ4v) is 2.88. The zero-order valence-electron chi connectivity index (χ0n) is 13.8. The molecule has 8 heteroatoms. The number of benzene rings is 1. The molecule has 2 aromatic rings. The third-order valence-electron chi connectivity index (χ3n) is 3.01. The second kappa shape index (κ2) is 8.30. The molecule has 2 rings (SSSR count). The first-order valence-electron chi connectivity index (χ1n) is 7.18. The van der Waals surface area contributed by atoms with Gasteiger partial charge in [0.1, 0.15) is 0 Å². The van der Waals surface area contributed by atoms with E-state index in [1.54, 1.807) is 0 Å². The highest BCUT2D eigenvalue weighted by molar-refractivity contribution is 7.99. The number of amides is 1. The Morgan fingerprint density at radius 3 is 2.62 bits per heavy atom. The third-order valence-corrected chi connectivity index (χ3v) is 3.86. The molecule has 24 heavy (non-hydrogen) atoms. The molecule has 1 heterocycles. The van der Waals surface area contributed by atoms with Crippen LogP contribution in [-0.4, -0.2) is 36.6 Å². The molecule has 1 aromatic heterocycles. The van der Waals surface area contributed by atoms with E-state index in [1.807, 2.05) is 38.1 Å². The van der Waals surface area contributed by atoms with E-state index in [2.05, 4.69) is 37.0 Å². The zero-order chi connectivity index (χ0) is 17.5. The maximum absolute atomic E-state index is 11.0. The largest absolute Gasteiger partial charge is 0.453 e. The van der Waals surface area contributed by atoms with Crippen molar-refractivity contribution in [2.45, 2.75) is 23.9 Å². The Balaban J connectivity index is 2.10. The number of carbonyl (C=O) groups excluding carboxylic acids is 1. The summed E-state index contributed by atoms with van der Waals surface area (Å²) < 4.78 is 4.51. The molecule has 0 aliphatic rings. The zero-order valence-corrected chi connectivity index (χ0v) is 14.6. The van der Waals surface area contributed by atoms with Gasteiger partial charge in [0, 0.05) is 16.3 Å². The van der Waals surface area contributed by atoms with E-state index in [0.717, 1.165) is 22.0 Å². The summed E-state index contributed by atoms with van der Waals surface area (Å²) in [5.41, 5.74) is 3.29. The Bertz CT molecular complexity index is 731. The van der Waals surface area contributed by atoms with Gasteiger partial charge < -0.3 is 15.4 Å². The van der Waals surface area contributed by atoms with Gasteiger partial charge in [0.25, 0.3) is 0 Å². The molecule has 2 N–H and O–H groups in total. The van der Waals surface area contributed by atoms with Crippen LogP contribution in [0, 0.1) is 13.8 Å². The van der Waals surface area contributed by atoms with E-state index in [9.17, 15) is 4.79 Å². The van der Waals surface area contributed by atoms with Gasteiger partial charge in [0.05, 0.1) is 25.2 Å². The number of rotatable bonds is 6. The molecule has 0 aliphatic heterocycles. The van der Waals surface area contributed by atoms with Crippen LogP contribution in [0.3, 0.4) is 0 Å². The highest BCUT2D eigenvalue weighted by atomic mass is 32.2. The number of hydrogen-bond acceptors (Lipinski definition) is 7. The highest BCUT2D eigenvalue weighted by Crippen LogP contribution is 2.32. The smallest absolute Gasteiger partial charge is 0.408 e. The molecule has 0 saturated carbocycles. The standard InChI is InChI=1S/C16H19N5O2S/c1-10-7-11(2)21-15(20-10)24-12-5-6-13(14(8-12)17-3)18-9-19-16(22)23-4/h5-8,18H,3,9H2,1-2,4H3,(H,19,22). The number of carbonyl (C=O) groups is 1. The Labute approximate surface area is 145 Å². The lowest BCUT2D eigenvalue weighted by Crippen LogP contribution is -2.28. The molecule has 0 atom stereocenters. The fourth-order valence-electron chi connectivity index (χ4n) is 1.98. The second-order valence-corrected chi connectivity index (χ2v) is 5.94. The first-order valence-corrected chi connectivity index (χ1v) is 8.00. The Hall–Kier alpha value is -2.61. The number of methoxy groups -OCH3 is 1. The molecule has 0 radical (unpaired) electrons. The number of anilines is 1. The van der Waals surface area contributed by atoms with E-state index in [-0.39, 0.29) is 6.67 Å². The van der Waals surface area contributed by atoms with Crippen LogP contribution in [0.4, 0.5) is 16.2 Å². The summed E-state index contributed by atoms with van der Waals surface area (Å²) in [6, 6.07) is 7.62. The van der Waals surface area contributed by atoms with Gasteiger partial charge in [0.2, 0.25) is 0 Å². The van der Waals surface area contributed by atoms with Gasteiger partial charge in [-0.1, -0.05) is 0 Å². The Morgan fingerprint density at radius 2 is 2.00 bits per heavy atom. The molecule has 1 aromatic carbocycles. The normalized spacial score (nSPS) is 10.1. The van der Waals surface area contributed by atoms with Crippen LogP contribution in [0.1, 0.15) is 11.4 Å². The highest BCUT2D eigenvalue weighted by Gasteiger charge is 2.07. The van der Waals surface area contributed by atoms with Crippen molar-refractivity contribution in [2.75, 3.05) is 19.1 Å². The number of aryl methyl sites for hydroxylation is 2. The van der Waals surface area contributed by atoms with Gasteiger partial charge in [-0.3, -0.25) is 4.99 Å². The van der Waals surface area contributed by atoms with Gasteiger partial charge in [-0.15, -0.1) is 0 Å². The number of aliphatic imine (C=N–C) groups is 1. The quantitative estimate of drug-likeness (QED) is 0.474. The predicted octanol–water partition coefficient (Wildman–Crippen LogP) is 3.30. The summed E-state index contributed by atoms with van der Waals surface area (Å²) >= 11 is 1.46. The lowest BCUT2D eigenvalue weighted by Gasteiger charge is -2.11. The molecule has 0 saturated heterocycles. The molecule has 126 valence electrons. The number of nitrogens with zero attached hydrogens (tertiary/aromatic N) is 3. The Kier molecular flexibility index (Phi) is 6.14. The summed E-state index contributed by atoms with van der Waals surface area (Å²) in [6.07, 6.45) is -0.505. The first-order chi connectivity index (χ1) is 11.5. The summed E-state index contributed by atoms with van der Waals surface area (Å²) in [6.45, 7) is 7.69. The minimum absolute atomic E-state index is 0.224.